The highest BCUT2D eigenvalue weighted by atomic mass is 16.3. The Balaban J connectivity index is 2.03. The van der Waals surface area contributed by atoms with Crippen molar-refractivity contribution < 1.29 is 14.7 Å². The molecule has 5 N–H and O–H groups in total. The summed E-state index contributed by atoms with van der Waals surface area (Å²) in [4.78, 5) is 24.7. The molecule has 0 radical (unpaired) electrons. The normalized spacial score (nSPS) is 30.0. The number of carbonyl (C=O) groups is 2. The third-order valence-electron chi connectivity index (χ3n) is 5.28. The third kappa shape index (κ3) is 2.79. The number of primary amides is 1. The number of nitrogens with two attached hydrogens (primary N) is 1. The summed E-state index contributed by atoms with van der Waals surface area (Å²) in [6.45, 7) is 1.95. The third-order valence-corrected chi connectivity index (χ3v) is 5.28. The number of hydrazine groups is 1. The molecule has 25 heavy (non-hydrogen) atoms. The first-order valence-electron chi connectivity index (χ1n) is 8.44. The number of aliphatic hydroxyl groups is 1. The van der Waals surface area contributed by atoms with Crippen molar-refractivity contribution in [2.45, 2.75) is 37.5 Å². The van der Waals surface area contributed by atoms with Gasteiger partial charge >= 0.3 is 0 Å². The Bertz CT molecular complexity index is 700. The molecule has 2 atom stereocenters. The Morgan fingerprint density at radius 3 is 2.52 bits per heavy atom. The van der Waals surface area contributed by atoms with Gasteiger partial charge in [-0.15, -0.1) is 0 Å². The van der Waals surface area contributed by atoms with E-state index in [1.165, 1.54) is 7.05 Å². The SMILES string of the molecule is CNC(=O)C1=CC(C(N)=O)(C2CC(O)C2)N([C@@H](C)c2ccccc2)N1. The molecule has 3 rings (SSSR count). The van der Waals surface area contributed by atoms with Crippen molar-refractivity contribution in [2.75, 3.05) is 7.05 Å². The fourth-order valence-electron chi connectivity index (χ4n) is 3.75. The van der Waals surface area contributed by atoms with Gasteiger partial charge in [-0.3, -0.25) is 9.59 Å². The second-order valence-corrected chi connectivity index (χ2v) is 6.72. The maximum atomic E-state index is 12.5. The van der Waals surface area contributed by atoms with E-state index in [2.05, 4.69) is 10.7 Å². The fourth-order valence-corrected chi connectivity index (χ4v) is 3.75. The van der Waals surface area contributed by atoms with Crippen LogP contribution in [0.1, 0.15) is 31.4 Å². The molecule has 0 aromatic heterocycles. The number of nitrogens with one attached hydrogen (secondary N) is 2. The minimum Gasteiger partial charge on any atom is -0.393 e. The first-order chi connectivity index (χ1) is 11.9. The zero-order chi connectivity index (χ0) is 18.2. The minimum atomic E-state index is -1.16. The number of hydrogen-bond acceptors (Lipinski definition) is 5. The summed E-state index contributed by atoms with van der Waals surface area (Å²) in [5.41, 5.74) is 9.03. The van der Waals surface area contributed by atoms with E-state index < -0.39 is 17.6 Å². The zero-order valence-corrected chi connectivity index (χ0v) is 14.4. The van der Waals surface area contributed by atoms with E-state index in [1.54, 1.807) is 11.1 Å². The molecule has 134 valence electrons. The number of rotatable bonds is 5. The lowest BCUT2D eigenvalue weighted by atomic mass is 9.68. The van der Waals surface area contributed by atoms with Crippen molar-refractivity contribution in [3.8, 4) is 0 Å². The molecule has 1 aromatic rings. The van der Waals surface area contributed by atoms with Gasteiger partial charge < -0.3 is 21.6 Å². The smallest absolute Gasteiger partial charge is 0.268 e. The maximum absolute atomic E-state index is 12.5. The summed E-state index contributed by atoms with van der Waals surface area (Å²) in [5.74, 6) is -0.993. The van der Waals surface area contributed by atoms with Gasteiger partial charge in [-0.1, -0.05) is 30.3 Å². The fraction of sp³-hybridized carbons (Fsp3) is 0.444. The first-order valence-corrected chi connectivity index (χ1v) is 8.44. The van der Waals surface area contributed by atoms with Crippen LogP contribution in [-0.4, -0.2) is 40.6 Å². The Kier molecular flexibility index (Phi) is 4.53. The molecule has 1 aliphatic heterocycles. The summed E-state index contributed by atoms with van der Waals surface area (Å²) in [6.07, 6.45) is 2.12. The van der Waals surface area contributed by atoms with Crippen molar-refractivity contribution >= 4 is 11.8 Å². The molecule has 0 saturated heterocycles. The summed E-state index contributed by atoms with van der Waals surface area (Å²) in [5, 5.41) is 14.1. The molecular weight excluding hydrogens is 320 g/mol. The monoisotopic (exact) mass is 344 g/mol. The predicted octanol–water partition coefficient (Wildman–Crippen LogP) is 0.193. The average molecular weight is 344 g/mol. The first kappa shape index (κ1) is 17.4. The number of benzene rings is 1. The van der Waals surface area contributed by atoms with Gasteiger partial charge in [0.15, 0.2) is 0 Å². The molecule has 1 aliphatic carbocycles. The number of amides is 2. The molecule has 1 heterocycles. The second kappa shape index (κ2) is 6.50. The summed E-state index contributed by atoms with van der Waals surface area (Å²) in [7, 11) is 1.53. The van der Waals surface area contributed by atoms with Gasteiger partial charge in [-0.25, -0.2) is 0 Å². The van der Waals surface area contributed by atoms with Crippen molar-refractivity contribution in [1.29, 1.82) is 0 Å². The number of likely N-dealkylation sites (N-methyl/N-ethyl adjacent to an activating group) is 1. The van der Waals surface area contributed by atoms with Crippen molar-refractivity contribution in [3.63, 3.8) is 0 Å². The standard InChI is InChI=1S/C18H24N4O3/c1-11(12-6-4-3-5-7-12)22-18(17(19)25,13-8-14(23)9-13)10-15(21-22)16(24)20-2/h3-7,10-11,13-14,21,23H,8-9H2,1-2H3,(H2,19,25)(H,20,24)/t11-,13?,14?,18?/m0/s1. The minimum absolute atomic E-state index is 0.152. The number of carbonyl (C=O) groups excluding carboxylic acids is 2. The summed E-state index contributed by atoms with van der Waals surface area (Å²) in [6, 6.07) is 9.50. The van der Waals surface area contributed by atoms with E-state index in [0.29, 0.717) is 18.5 Å². The van der Waals surface area contributed by atoms with Gasteiger partial charge in [0.25, 0.3) is 5.91 Å². The molecule has 7 nitrogen and oxygen atoms in total. The van der Waals surface area contributed by atoms with Gasteiger partial charge in [-0.2, -0.15) is 5.01 Å². The lowest BCUT2D eigenvalue weighted by molar-refractivity contribution is -0.140. The molecule has 1 fully saturated rings. The Morgan fingerprint density at radius 2 is 2.00 bits per heavy atom. The quantitative estimate of drug-likeness (QED) is 0.610. The number of nitrogens with zero attached hydrogens (tertiary/aromatic N) is 1. The van der Waals surface area contributed by atoms with Gasteiger partial charge in [0.05, 0.1) is 12.1 Å². The van der Waals surface area contributed by atoms with E-state index >= 15 is 0 Å². The molecular formula is C18H24N4O3. The highest BCUT2D eigenvalue weighted by Gasteiger charge is 2.57. The summed E-state index contributed by atoms with van der Waals surface area (Å²) >= 11 is 0. The molecule has 1 saturated carbocycles. The molecule has 0 bridgehead atoms. The van der Waals surface area contributed by atoms with E-state index in [4.69, 9.17) is 5.73 Å². The molecule has 2 amide bonds. The van der Waals surface area contributed by atoms with Crippen LogP contribution in [0.5, 0.6) is 0 Å². The van der Waals surface area contributed by atoms with Crippen molar-refractivity contribution in [3.05, 3.63) is 47.7 Å². The van der Waals surface area contributed by atoms with Gasteiger partial charge in [-0.05, 0) is 37.3 Å². The van der Waals surface area contributed by atoms with Crippen LogP contribution in [0.25, 0.3) is 0 Å². The van der Waals surface area contributed by atoms with Crippen LogP contribution in [0.15, 0.2) is 42.1 Å². The number of aliphatic hydroxyl groups excluding tert-OH is 1. The van der Waals surface area contributed by atoms with Gasteiger partial charge in [0.2, 0.25) is 5.91 Å². The van der Waals surface area contributed by atoms with E-state index in [0.717, 1.165) is 5.56 Å². The van der Waals surface area contributed by atoms with Gasteiger partial charge in [0.1, 0.15) is 11.2 Å². The van der Waals surface area contributed by atoms with Crippen LogP contribution >= 0.6 is 0 Å². The van der Waals surface area contributed by atoms with Crippen LogP contribution in [0, 0.1) is 5.92 Å². The summed E-state index contributed by atoms with van der Waals surface area (Å²) < 4.78 is 0. The van der Waals surface area contributed by atoms with Crippen LogP contribution in [0.4, 0.5) is 0 Å². The molecule has 0 spiro atoms. The molecule has 1 aromatic carbocycles. The van der Waals surface area contributed by atoms with Crippen LogP contribution < -0.4 is 16.5 Å². The van der Waals surface area contributed by atoms with Gasteiger partial charge in [0, 0.05) is 7.05 Å². The molecule has 1 unspecified atom stereocenters. The van der Waals surface area contributed by atoms with Crippen LogP contribution in [-0.2, 0) is 9.59 Å². The maximum Gasteiger partial charge on any atom is 0.268 e. The van der Waals surface area contributed by atoms with Crippen molar-refractivity contribution in [2.24, 2.45) is 11.7 Å². The highest BCUT2D eigenvalue weighted by Crippen LogP contribution is 2.46. The number of hydrogen-bond donors (Lipinski definition) is 4. The zero-order valence-electron chi connectivity index (χ0n) is 14.4. The van der Waals surface area contributed by atoms with E-state index in [1.807, 2.05) is 37.3 Å². The molecule has 7 heteroatoms. The van der Waals surface area contributed by atoms with Crippen LogP contribution in [0.2, 0.25) is 0 Å². The lowest BCUT2D eigenvalue weighted by Crippen LogP contribution is -2.64. The lowest BCUT2D eigenvalue weighted by Gasteiger charge is -2.48. The topological polar surface area (TPSA) is 108 Å². The van der Waals surface area contributed by atoms with E-state index in [9.17, 15) is 14.7 Å². The highest BCUT2D eigenvalue weighted by molar-refractivity contribution is 5.97. The van der Waals surface area contributed by atoms with E-state index in [-0.39, 0.29) is 17.9 Å². The Labute approximate surface area is 146 Å². The predicted molar refractivity (Wildman–Crippen MR) is 92.6 cm³/mol. The van der Waals surface area contributed by atoms with Crippen molar-refractivity contribution in [1.82, 2.24) is 15.8 Å². The second-order valence-electron chi connectivity index (χ2n) is 6.72. The van der Waals surface area contributed by atoms with Crippen LogP contribution in [0.3, 0.4) is 0 Å². The molecule has 2 aliphatic rings. The Hall–Kier alpha value is -2.38. The average Bonchev–Trinajstić information content (AvgIpc) is 3.00. The Morgan fingerprint density at radius 1 is 1.36 bits per heavy atom. The largest absolute Gasteiger partial charge is 0.393 e.